The van der Waals surface area contributed by atoms with Crippen LogP contribution in [0.4, 0.5) is 0 Å². The number of aromatic nitrogens is 2. The van der Waals surface area contributed by atoms with Crippen LogP contribution in [0.2, 0.25) is 0 Å². The van der Waals surface area contributed by atoms with Crippen LogP contribution in [0, 0.1) is 17.8 Å². The van der Waals surface area contributed by atoms with Gasteiger partial charge in [-0.1, -0.05) is 11.6 Å². The molecule has 0 saturated heterocycles. The van der Waals surface area contributed by atoms with E-state index in [1.165, 1.54) is 32.1 Å². The topological polar surface area (TPSA) is 64.9 Å². The average Bonchev–Trinajstić information content (AvgIpc) is 2.93. The van der Waals surface area contributed by atoms with Crippen molar-refractivity contribution in [2.45, 2.75) is 31.7 Å². The summed E-state index contributed by atoms with van der Waals surface area (Å²) in [6, 6.07) is -0.0101. The summed E-state index contributed by atoms with van der Waals surface area (Å²) in [5.41, 5.74) is 6.15. The van der Waals surface area contributed by atoms with Crippen LogP contribution in [0.3, 0.4) is 0 Å². The first-order chi connectivity index (χ1) is 6.84. The molecule has 2 saturated carbocycles. The van der Waals surface area contributed by atoms with Crippen LogP contribution < -0.4 is 5.73 Å². The maximum absolute atomic E-state index is 6.15. The molecule has 4 unspecified atom stereocenters. The Labute approximate surface area is 82.9 Å². The van der Waals surface area contributed by atoms with Gasteiger partial charge in [0.05, 0.1) is 6.04 Å². The van der Waals surface area contributed by atoms with E-state index in [1.54, 1.807) is 0 Å². The first-order valence-corrected chi connectivity index (χ1v) is 5.36. The van der Waals surface area contributed by atoms with Gasteiger partial charge in [0.15, 0.2) is 5.82 Å². The van der Waals surface area contributed by atoms with E-state index in [0.29, 0.717) is 11.7 Å². The molecule has 2 N–H and O–H groups in total. The lowest BCUT2D eigenvalue weighted by atomic mass is 9.83. The van der Waals surface area contributed by atoms with Crippen LogP contribution in [0.1, 0.15) is 37.5 Å². The zero-order chi connectivity index (χ0) is 9.54. The lowest BCUT2D eigenvalue weighted by molar-refractivity contribution is 0.272. The molecular weight excluding hydrogens is 178 g/mol. The van der Waals surface area contributed by atoms with E-state index in [-0.39, 0.29) is 6.04 Å². The third-order valence-corrected chi connectivity index (χ3v) is 3.93. The van der Waals surface area contributed by atoms with Crippen LogP contribution in [-0.4, -0.2) is 10.1 Å². The van der Waals surface area contributed by atoms with Crippen molar-refractivity contribution in [3.63, 3.8) is 0 Å². The Balaban J connectivity index is 1.77. The van der Waals surface area contributed by atoms with Gasteiger partial charge in [0.1, 0.15) is 0 Å². The highest BCUT2D eigenvalue weighted by atomic mass is 16.5. The van der Waals surface area contributed by atoms with E-state index in [0.717, 1.165) is 11.8 Å². The van der Waals surface area contributed by atoms with Gasteiger partial charge in [-0.3, -0.25) is 0 Å². The van der Waals surface area contributed by atoms with E-state index in [4.69, 9.17) is 10.3 Å². The number of nitrogens with two attached hydrogens (primary N) is 1. The summed E-state index contributed by atoms with van der Waals surface area (Å²) in [5.74, 6) is 3.00. The van der Waals surface area contributed by atoms with Crippen molar-refractivity contribution in [1.82, 2.24) is 10.1 Å². The maximum atomic E-state index is 6.15. The third kappa shape index (κ3) is 1.17. The van der Waals surface area contributed by atoms with Crippen molar-refractivity contribution in [2.75, 3.05) is 0 Å². The Kier molecular flexibility index (Phi) is 1.83. The molecule has 4 nitrogen and oxygen atoms in total. The van der Waals surface area contributed by atoms with Gasteiger partial charge in [-0.05, 0) is 37.0 Å². The second kappa shape index (κ2) is 3.05. The van der Waals surface area contributed by atoms with Crippen LogP contribution in [0.5, 0.6) is 0 Å². The largest absolute Gasteiger partial charge is 0.343 e. The molecule has 1 aromatic rings. The molecule has 1 aromatic heterocycles. The summed E-state index contributed by atoms with van der Waals surface area (Å²) in [5, 5.41) is 3.83. The second-order valence-corrected chi connectivity index (χ2v) is 4.65. The molecule has 4 atom stereocenters. The first kappa shape index (κ1) is 8.41. The van der Waals surface area contributed by atoms with Crippen molar-refractivity contribution in [3.05, 3.63) is 12.2 Å². The minimum atomic E-state index is -0.0101. The zero-order valence-corrected chi connectivity index (χ0v) is 8.10. The van der Waals surface area contributed by atoms with Crippen molar-refractivity contribution in [2.24, 2.45) is 23.5 Å². The van der Waals surface area contributed by atoms with Gasteiger partial charge in [-0.2, -0.15) is 4.98 Å². The second-order valence-electron chi connectivity index (χ2n) is 4.65. The van der Waals surface area contributed by atoms with Crippen molar-refractivity contribution in [3.8, 4) is 0 Å². The summed E-state index contributed by atoms with van der Waals surface area (Å²) >= 11 is 0. The van der Waals surface area contributed by atoms with Gasteiger partial charge >= 0.3 is 0 Å². The van der Waals surface area contributed by atoms with Gasteiger partial charge in [-0.15, -0.1) is 0 Å². The monoisotopic (exact) mass is 193 g/mol. The predicted octanol–water partition coefficient (Wildman–Crippen LogP) is 1.51. The van der Waals surface area contributed by atoms with E-state index in [1.807, 2.05) is 0 Å². The fourth-order valence-electron chi connectivity index (χ4n) is 3.25. The normalized spacial score (nSPS) is 37.6. The molecule has 0 spiro atoms. The summed E-state index contributed by atoms with van der Waals surface area (Å²) in [7, 11) is 0. The third-order valence-electron chi connectivity index (χ3n) is 3.93. The zero-order valence-electron chi connectivity index (χ0n) is 8.10. The van der Waals surface area contributed by atoms with Crippen LogP contribution >= 0.6 is 0 Å². The maximum Gasteiger partial charge on any atom is 0.213 e. The van der Waals surface area contributed by atoms with Crippen LogP contribution in [-0.2, 0) is 0 Å². The number of rotatable bonds is 2. The van der Waals surface area contributed by atoms with E-state index in [2.05, 4.69) is 10.1 Å². The summed E-state index contributed by atoms with van der Waals surface area (Å²) in [4.78, 5) is 4.04. The molecule has 3 rings (SSSR count). The Morgan fingerprint density at radius 2 is 2.36 bits per heavy atom. The molecule has 0 radical (unpaired) electrons. The van der Waals surface area contributed by atoms with Crippen molar-refractivity contribution < 1.29 is 4.52 Å². The number of hydrogen-bond donors (Lipinski definition) is 1. The molecule has 0 amide bonds. The molecule has 2 aliphatic rings. The quantitative estimate of drug-likeness (QED) is 0.773. The fraction of sp³-hybridized carbons (Fsp3) is 0.800. The van der Waals surface area contributed by atoms with Gasteiger partial charge in [0.2, 0.25) is 6.39 Å². The molecule has 2 bridgehead atoms. The van der Waals surface area contributed by atoms with Crippen molar-refractivity contribution in [1.29, 1.82) is 0 Å². The summed E-state index contributed by atoms with van der Waals surface area (Å²) < 4.78 is 4.73. The highest BCUT2D eigenvalue weighted by Gasteiger charge is 2.43. The van der Waals surface area contributed by atoms with Gasteiger partial charge < -0.3 is 10.3 Å². The molecule has 2 fully saturated rings. The predicted molar refractivity (Wildman–Crippen MR) is 50.2 cm³/mol. The van der Waals surface area contributed by atoms with Gasteiger partial charge in [0.25, 0.3) is 0 Å². The standard InChI is InChI=1S/C10H15N3O/c11-9(10-12-5-14-13-10)8-4-6-1-2-7(8)3-6/h5-9H,1-4,11H2. The Morgan fingerprint density at radius 1 is 1.43 bits per heavy atom. The SMILES string of the molecule is NC(c1ncon1)C1CC2CCC1C2. The van der Waals surface area contributed by atoms with Crippen LogP contribution in [0.15, 0.2) is 10.9 Å². The minimum Gasteiger partial charge on any atom is -0.343 e. The average molecular weight is 193 g/mol. The Bertz CT molecular complexity index is 311. The van der Waals surface area contributed by atoms with Gasteiger partial charge in [-0.25, -0.2) is 0 Å². The Morgan fingerprint density at radius 3 is 2.93 bits per heavy atom. The van der Waals surface area contributed by atoms with Crippen molar-refractivity contribution >= 4 is 0 Å². The highest BCUT2D eigenvalue weighted by Crippen LogP contribution is 2.51. The number of fused-ring (bicyclic) bond motifs is 2. The highest BCUT2D eigenvalue weighted by molar-refractivity contribution is 5.00. The summed E-state index contributed by atoms with van der Waals surface area (Å²) in [6.45, 7) is 0. The minimum absolute atomic E-state index is 0.0101. The Hall–Kier alpha value is -0.900. The molecule has 2 aliphatic carbocycles. The molecule has 0 aromatic carbocycles. The van der Waals surface area contributed by atoms with Gasteiger partial charge in [0, 0.05) is 0 Å². The number of hydrogen-bond acceptors (Lipinski definition) is 4. The van der Waals surface area contributed by atoms with Crippen LogP contribution in [0.25, 0.3) is 0 Å². The lowest BCUT2D eigenvalue weighted by Gasteiger charge is -2.25. The number of nitrogens with zero attached hydrogens (tertiary/aromatic N) is 2. The molecule has 0 aliphatic heterocycles. The van der Waals surface area contributed by atoms with E-state index >= 15 is 0 Å². The molecule has 4 heteroatoms. The lowest BCUT2D eigenvalue weighted by Crippen LogP contribution is -2.26. The smallest absolute Gasteiger partial charge is 0.213 e. The van der Waals surface area contributed by atoms with E-state index in [9.17, 15) is 0 Å². The summed E-state index contributed by atoms with van der Waals surface area (Å²) in [6.07, 6.45) is 6.75. The first-order valence-electron chi connectivity index (χ1n) is 5.36. The fourth-order valence-corrected chi connectivity index (χ4v) is 3.25. The molecule has 14 heavy (non-hydrogen) atoms. The molecule has 76 valence electrons. The molecular formula is C10H15N3O. The van der Waals surface area contributed by atoms with E-state index < -0.39 is 0 Å². The molecule has 1 heterocycles.